The zero-order valence-corrected chi connectivity index (χ0v) is 15.7. The molecular formula is C20H18Cl2N2O2. The predicted octanol–water partition coefficient (Wildman–Crippen LogP) is 4.57. The molecule has 2 aromatic carbocycles. The molecule has 4 nitrogen and oxygen atoms in total. The van der Waals surface area contributed by atoms with Crippen LogP contribution in [0.5, 0.6) is 0 Å². The van der Waals surface area contributed by atoms with Crippen molar-refractivity contribution in [1.29, 1.82) is 0 Å². The second-order valence-corrected chi connectivity index (χ2v) is 6.95. The summed E-state index contributed by atoms with van der Waals surface area (Å²) in [5.74, 6) is -0.258. The smallest absolute Gasteiger partial charge is 0.223 e. The molecule has 0 bridgehead atoms. The standard InChI is InChI=1S/C20H18Cl2N2O2/c1-13(25)24-9-8-14-4-2-3-5-17(14)19(24)11-20(26)23-12-15-6-7-16(21)10-18(15)22/h2-10,19H,11-12H2,1H3,(H,23,26)/t19-/m1/s1. The molecule has 1 heterocycles. The molecule has 0 fully saturated rings. The fraction of sp³-hybridized carbons (Fsp3) is 0.200. The van der Waals surface area contributed by atoms with Crippen molar-refractivity contribution in [2.75, 3.05) is 0 Å². The highest BCUT2D eigenvalue weighted by Gasteiger charge is 2.28. The van der Waals surface area contributed by atoms with Gasteiger partial charge in [-0.15, -0.1) is 0 Å². The lowest BCUT2D eigenvalue weighted by Gasteiger charge is -2.32. The highest BCUT2D eigenvalue weighted by atomic mass is 35.5. The van der Waals surface area contributed by atoms with E-state index in [4.69, 9.17) is 23.2 Å². The summed E-state index contributed by atoms with van der Waals surface area (Å²) < 4.78 is 0. The minimum absolute atomic E-state index is 0.103. The maximum absolute atomic E-state index is 12.5. The van der Waals surface area contributed by atoms with Crippen LogP contribution in [0.1, 0.15) is 36.1 Å². The number of carbonyl (C=O) groups is 2. The fourth-order valence-corrected chi connectivity index (χ4v) is 3.50. The fourth-order valence-electron chi connectivity index (χ4n) is 3.02. The van der Waals surface area contributed by atoms with Crippen molar-refractivity contribution >= 4 is 41.1 Å². The monoisotopic (exact) mass is 388 g/mol. The van der Waals surface area contributed by atoms with E-state index in [0.29, 0.717) is 16.6 Å². The molecule has 26 heavy (non-hydrogen) atoms. The molecule has 2 aromatic rings. The Balaban J connectivity index is 1.72. The van der Waals surface area contributed by atoms with Gasteiger partial charge >= 0.3 is 0 Å². The van der Waals surface area contributed by atoms with Crippen LogP contribution in [0.4, 0.5) is 0 Å². The highest BCUT2D eigenvalue weighted by molar-refractivity contribution is 6.35. The van der Waals surface area contributed by atoms with Gasteiger partial charge in [0.1, 0.15) is 0 Å². The van der Waals surface area contributed by atoms with Gasteiger partial charge in [-0.25, -0.2) is 0 Å². The van der Waals surface area contributed by atoms with Gasteiger partial charge in [0, 0.05) is 29.7 Å². The Morgan fingerprint density at radius 1 is 1.15 bits per heavy atom. The summed E-state index contributed by atoms with van der Waals surface area (Å²) in [7, 11) is 0. The van der Waals surface area contributed by atoms with E-state index in [0.717, 1.165) is 16.7 Å². The SMILES string of the molecule is CC(=O)N1C=Cc2ccccc2[C@H]1CC(=O)NCc1ccc(Cl)cc1Cl. The lowest BCUT2D eigenvalue weighted by atomic mass is 9.93. The summed E-state index contributed by atoms with van der Waals surface area (Å²) in [4.78, 5) is 26.1. The predicted molar refractivity (Wildman–Crippen MR) is 104 cm³/mol. The van der Waals surface area contributed by atoms with Gasteiger partial charge in [-0.2, -0.15) is 0 Å². The van der Waals surface area contributed by atoms with E-state index in [2.05, 4.69) is 5.32 Å². The third-order valence-electron chi connectivity index (χ3n) is 4.34. The Kier molecular flexibility index (Phi) is 5.64. The number of nitrogens with one attached hydrogen (secondary N) is 1. The third kappa shape index (κ3) is 4.09. The van der Waals surface area contributed by atoms with Gasteiger partial charge in [0.2, 0.25) is 11.8 Å². The summed E-state index contributed by atoms with van der Waals surface area (Å²) in [5, 5.41) is 3.93. The largest absolute Gasteiger partial charge is 0.352 e. The van der Waals surface area contributed by atoms with Crippen molar-refractivity contribution in [3.63, 3.8) is 0 Å². The Labute approximate surface area is 162 Å². The number of carbonyl (C=O) groups excluding carboxylic acids is 2. The summed E-state index contributed by atoms with van der Waals surface area (Å²) in [6, 6.07) is 12.6. The third-order valence-corrected chi connectivity index (χ3v) is 4.93. The van der Waals surface area contributed by atoms with Gasteiger partial charge in [-0.1, -0.05) is 53.5 Å². The number of amides is 2. The van der Waals surface area contributed by atoms with Crippen LogP contribution >= 0.6 is 23.2 Å². The molecule has 1 aliphatic rings. The number of benzene rings is 2. The van der Waals surface area contributed by atoms with Crippen LogP contribution in [0.3, 0.4) is 0 Å². The van der Waals surface area contributed by atoms with Crippen molar-refractivity contribution in [3.8, 4) is 0 Å². The summed E-state index contributed by atoms with van der Waals surface area (Å²) in [6.45, 7) is 1.80. The molecule has 0 aromatic heterocycles. The van der Waals surface area contributed by atoms with Crippen molar-refractivity contribution in [1.82, 2.24) is 10.2 Å². The molecule has 1 N–H and O–H groups in total. The lowest BCUT2D eigenvalue weighted by Crippen LogP contribution is -2.35. The molecule has 0 unspecified atom stereocenters. The number of hydrogen-bond donors (Lipinski definition) is 1. The quantitative estimate of drug-likeness (QED) is 0.833. The maximum Gasteiger partial charge on any atom is 0.223 e. The second-order valence-electron chi connectivity index (χ2n) is 6.10. The van der Waals surface area contributed by atoms with Crippen LogP contribution in [-0.2, 0) is 16.1 Å². The normalized spacial score (nSPS) is 15.5. The first-order valence-electron chi connectivity index (χ1n) is 8.22. The van der Waals surface area contributed by atoms with Crippen molar-refractivity contribution in [2.24, 2.45) is 0 Å². The molecule has 1 aliphatic heterocycles. The zero-order valence-electron chi connectivity index (χ0n) is 14.2. The first-order chi connectivity index (χ1) is 12.5. The molecule has 134 valence electrons. The molecule has 6 heteroatoms. The van der Waals surface area contributed by atoms with Crippen LogP contribution in [0, 0.1) is 0 Å². The molecule has 0 aliphatic carbocycles. The van der Waals surface area contributed by atoms with Gasteiger partial charge in [-0.3, -0.25) is 9.59 Å². The lowest BCUT2D eigenvalue weighted by molar-refractivity contribution is -0.130. The molecule has 0 spiro atoms. The van der Waals surface area contributed by atoms with E-state index in [1.54, 1.807) is 29.3 Å². The molecule has 0 saturated heterocycles. The topological polar surface area (TPSA) is 49.4 Å². The van der Waals surface area contributed by atoms with E-state index in [9.17, 15) is 9.59 Å². The molecule has 0 radical (unpaired) electrons. The van der Waals surface area contributed by atoms with Crippen LogP contribution in [0.25, 0.3) is 6.08 Å². The van der Waals surface area contributed by atoms with Gasteiger partial charge in [0.15, 0.2) is 0 Å². The van der Waals surface area contributed by atoms with Gasteiger partial charge < -0.3 is 10.2 Å². The van der Waals surface area contributed by atoms with E-state index in [1.165, 1.54) is 6.92 Å². The van der Waals surface area contributed by atoms with E-state index in [1.807, 2.05) is 30.3 Å². The molecule has 2 amide bonds. The number of halogens is 2. The van der Waals surface area contributed by atoms with Gasteiger partial charge in [0.05, 0.1) is 12.5 Å². The maximum atomic E-state index is 12.5. The van der Waals surface area contributed by atoms with E-state index >= 15 is 0 Å². The van der Waals surface area contributed by atoms with Crippen LogP contribution in [0.2, 0.25) is 10.0 Å². The number of rotatable bonds is 4. The average Bonchev–Trinajstić information content (AvgIpc) is 2.61. The minimum atomic E-state index is -0.325. The molecule has 1 atom stereocenters. The second kappa shape index (κ2) is 7.94. The van der Waals surface area contributed by atoms with Gasteiger partial charge in [-0.05, 0) is 34.9 Å². The van der Waals surface area contributed by atoms with Crippen molar-refractivity contribution < 1.29 is 9.59 Å². The Hall–Kier alpha value is -2.30. The van der Waals surface area contributed by atoms with Crippen LogP contribution in [-0.4, -0.2) is 16.7 Å². The number of nitrogens with zero attached hydrogens (tertiary/aromatic N) is 1. The molecule has 0 saturated carbocycles. The Morgan fingerprint density at radius 2 is 1.92 bits per heavy atom. The minimum Gasteiger partial charge on any atom is -0.352 e. The first kappa shape index (κ1) is 18.5. The summed E-state index contributed by atoms with van der Waals surface area (Å²) >= 11 is 12.0. The Bertz CT molecular complexity index is 880. The van der Waals surface area contributed by atoms with Crippen molar-refractivity contribution in [2.45, 2.75) is 25.9 Å². The first-order valence-corrected chi connectivity index (χ1v) is 8.98. The Morgan fingerprint density at radius 3 is 2.65 bits per heavy atom. The zero-order chi connectivity index (χ0) is 18.7. The number of hydrogen-bond acceptors (Lipinski definition) is 2. The van der Waals surface area contributed by atoms with E-state index in [-0.39, 0.29) is 24.3 Å². The highest BCUT2D eigenvalue weighted by Crippen LogP contribution is 2.32. The number of fused-ring (bicyclic) bond motifs is 1. The summed E-state index contributed by atoms with van der Waals surface area (Å²) in [6.07, 6.45) is 3.80. The molecular weight excluding hydrogens is 371 g/mol. The van der Waals surface area contributed by atoms with Crippen molar-refractivity contribution in [3.05, 3.63) is 75.4 Å². The van der Waals surface area contributed by atoms with Crippen LogP contribution < -0.4 is 5.32 Å². The molecule has 3 rings (SSSR count). The van der Waals surface area contributed by atoms with Gasteiger partial charge in [0.25, 0.3) is 0 Å². The average molecular weight is 389 g/mol. The summed E-state index contributed by atoms with van der Waals surface area (Å²) in [5.41, 5.74) is 2.77. The van der Waals surface area contributed by atoms with E-state index < -0.39 is 0 Å². The van der Waals surface area contributed by atoms with Crippen LogP contribution in [0.15, 0.2) is 48.7 Å².